The summed E-state index contributed by atoms with van der Waals surface area (Å²) in [6.45, 7) is 6.05. The summed E-state index contributed by atoms with van der Waals surface area (Å²) in [5.74, 6) is 0.294. The van der Waals surface area contributed by atoms with Gasteiger partial charge in [-0.2, -0.15) is 0 Å². The van der Waals surface area contributed by atoms with Crippen molar-refractivity contribution in [2.24, 2.45) is 0 Å². The van der Waals surface area contributed by atoms with Gasteiger partial charge in [-0.1, -0.05) is 37.3 Å². The number of fused-ring (bicyclic) bond motifs is 1. The zero-order chi connectivity index (χ0) is 19.9. The zero-order valence-corrected chi connectivity index (χ0v) is 16.4. The first-order valence-corrected chi connectivity index (χ1v) is 9.77. The number of hydrogen-bond donors (Lipinski definition) is 1. The van der Waals surface area contributed by atoms with E-state index in [4.69, 9.17) is 4.74 Å². The minimum Gasteiger partial charge on any atom is -0.478 e. The first-order valence-electron chi connectivity index (χ1n) is 9.77. The molecular formula is C22H27N3O3. The number of para-hydroxylation sites is 3. The second-order valence-corrected chi connectivity index (χ2v) is 6.67. The maximum atomic E-state index is 12.7. The predicted octanol–water partition coefficient (Wildman–Crippen LogP) is 2.83. The van der Waals surface area contributed by atoms with Crippen LogP contribution in [0.4, 0.5) is 11.4 Å². The van der Waals surface area contributed by atoms with Crippen molar-refractivity contribution in [2.75, 3.05) is 36.0 Å². The molecule has 1 atom stereocenters. The third kappa shape index (κ3) is 4.44. The quantitative estimate of drug-likeness (QED) is 0.764. The Morgan fingerprint density at radius 3 is 2.54 bits per heavy atom. The fraction of sp³-hybridized carbons (Fsp3) is 0.364. The van der Waals surface area contributed by atoms with E-state index in [1.165, 1.54) is 4.90 Å². The summed E-state index contributed by atoms with van der Waals surface area (Å²) in [6, 6.07) is 17.4. The Labute approximate surface area is 166 Å². The molecule has 0 bridgehead atoms. The summed E-state index contributed by atoms with van der Waals surface area (Å²) >= 11 is 0. The van der Waals surface area contributed by atoms with E-state index >= 15 is 0 Å². The average molecular weight is 381 g/mol. The lowest BCUT2D eigenvalue weighted by Gasteiger charge is -2.33. The number of ether oxygens (including phenoxy) is 1. The number of benzene rings is 2. The number of likely N-dealkylation sites (N-methyl/N-ethyl adjacent to an activating group) is 1. The molecule has 1 aliphatic rings. The topological polar surface area (TPSA) is 61.9 Å². The van der Waals surface area contributed by atoms with Crippen LogP contribution in [0.1, 0.15) is 20.3 Å². The highest BCUT2D eigenvalue weighted by Gasteiger charge is 2.34. The molecule has 6 heteroatoms. The van der Waals surface area contributed by atoms with Crippen LogP contribution in [0.2, 0.25) is 0 Å². The molecule has 2 aromatic carbocycles. The monoisotopic (exact) mass is 381 g/mol. The molecule has 0 unspecified atom stereocenters. The molecule has 2 aromatic rings. The van der Waals surface area contributed by atoms with Gasteiger partial charge in [0.15, 0.2) is 6.10 Å². The van der Waals surface area contributed by atoms with Gasteiger partial charge in [0, 0.05) is 25.3 Å². The van der Waals surface area contributed by atoms with Gasteiger partial charge < -0.3 is 15.0 Å². The van der Waals surface area contributed by atoms with Gasteiger partial charge in [-0.15, -0.1) is 0 Å². The maximum absolute atomic E-state index is 12.7. The summed E-state index contributed by atoms with van der Waals surface area (Å²) in [5.41, 5.74) is 1.77. The Balaban J connectivity index is 1.59. The molecule has 1 aliphatic heterocycles. The largest absolute Gasteiger partial charge is 0.478 e. The third-order valence-corrected chi connectivity index (χ3v) is 4.85. The van der Waals surface area contributed by atoms with Crippen LogP contribution < -0.4 is 19.9 Å². The van der Waals surface area contributed by atoms with Crippen molar-refractivity contribution >= 4 is 23.2 Å². The van der Waals surface area contributed by atoms with Gasteiger partial charge in [0.2, 0.25) is 5.91 Å². The number of anilines is 2. The highest BCUT2D eigenvalue weighted by atomic mass is 16.5. The number of rotatable bonds is 8. The van der Waals surface area contributed by atoms with Crippen LogP contribution >= 0.6 is 0 Å². The standard InChI is InChI=1S/C22H27N3O3/c1-3-19-22(27)25(18-12-8-9-13-20(18)28-19)16-21(26)23-14-15-24(4-2)17-10-6-5-7-11-17/h5-13,19H,3-4,14-16H2,1-2H3,(H,23,26)/t19-/m1/s1. The molecule has 148 valence electrons. The van der Waals surface area contributed by atoms with E-state index in [2.05, 4.69) is 29.3 Å². The van der Waals surface area contributed by atoms with Crippen molar-refractivity contribution in [3.63, 3.8) is 0 Å². The molecule has 6 nitrogen and oxygen atoms in total. The van der Waals surface area contributed by atoms with Gasteiger partial charge in [0.05, 0.1) is 5.69 Å². The molecule has 1 heterocycles. The van der Waals surface area contributed by atoms with Gasteiger partial charge in [0.1, 0.15) is 12.3 Å². The van der Waals surface area contributed by atoms with Crippen molar-refractivity contribution in [3.05, 3.63) is 54.6 Å². The first-order chi connectivity index (χ1) is 13.6. The number of carbonyl (C=O) groups excluding carboxylic acids is 2. The molecule has 28 heavy (non-hydrogen) atoms. The van der Waals surface area contributed by atoms with Gasteiger partial charge in [-0.25, -0.2) is 0 Å². The van der Waals surface area contributed by atoms with E-state index in [1.807, 2.05) is 43.3 Å². The second kappa shape index (κ2) is 9.26. The molecule has 0 radical (unpaired) electrons. The van der Waals surface area contributed by atoms with Crippen LogP contribution in [-0.2, 0) is 9.59 Å². The van der Waals surface area contributed by atoms with Gasteiger partial charge in [-0.3, -0.25) is 14.5 Å². The van der Waals surface area contributed by atoms with Crippen LogP contribution in [0, 0.1) is 0 Å². The van der Waals surface area contributed by atoms with Crippen molar-refractivity contribution in [3.8, 4) is 5.75 Å². The fourth-order valence-corrected chi connectivity index (χ4v) is 3.34. The minimum atomic E-state index is -0.545. The normalized spacial score (nSPS) is 15.6. The SMILES string of the molecule is CC[C@H]1Oc2ccccc2N(CC(=O)NCCN(CC)c2ccccc2)C1=O. The second-order valence-electron chi connectivity index (χ2n) is 6.67. The molecule has 0 fully saturated rings. The molecule has 2 amide bonds. The number of nitrogens with one attached hydrogen (secondary N) is 1. The molecule has 0 aliphatic carbocycles. The third-order valence-electron chi connectivity index (χ3n) is 4.85. The van der Waals surface area contributed by atoms with Crippen LogP contribution in [0.3, 0.4) is 0 Å². The summed E-state index contributed by atoms with van der Waals surface area (Å²) < 4.78 is 5.75. The van der Waals surface area contributed by atoms with E-state index in [-0.39, 0.29) is 18.4 Å². The van der Waals surface area contributed by atoms with Crippen molar-refractivity contribution < 1.29 is 14.3 Å². The highest BCUT2D eigenvalue weighted by molar-refractivity contribution is 6.03. The highest BCUT2D eigenvalue weighted by Crippen LogP contribution is 2.34. The average Bonchev–Trinajstić information content (AvgIpc) is 2.73. The van der Waals surface area contributed by atoms with Gasteiger partial charge >= 0.3 is 0 Å². The molecule has 0 saturated carbocycles. The van der Waals surface area contributed by atoms with E-state index in [1.54, 1.807) is 6.07 Å². The zero-order valence-electron chi connectivity index (χ0n) is 16.4. The van der Waals surface area contributed by atoms with Crippen LogP contribution in [0.25, 0.3) is 0 Å². The summed E-state index contributed by atoms with van der Waals surface area (Å²) in [4.78, 5) is 28.9. The molecule has 0 saturated heterocycles. The lowest BCUT2D eigenvalue weighted by Crippen LogP contribution is -2.50. The smallest absolute Gasteiger partial charge is 0.268 e. The number of carbonyl (C=O) groups is 2. The Hall–Kier alpha value is -3.02. The molecule has 0 spiro atoms. The van der Waals surface area contributed by atoms with Gasteiger partial charge in [0.25, 0.3) is 5.91 Å². The van der Waals surface area contributed by atoms with E-state index in [9.17, 15) is 9.59 Å². The lowest BCUT2D eigenvalue weighted by molar-refractivity contribution is -0.129. The molecule has 3 rings (SSSR count). The van der Waals surface area contributed by atoms with E-state index in [0.717, 1.165) is 12.2 Å². The van der Waals surface area contributed by atoms with Crippen molar-refractivity contribution in [1.29, 1.82) is 0 Å². The molecule has 0 aromatic heterocycles. The Kier molecular flexibility index (Phi) is 6.53. The van der Waals surface area contributed by atoms with Crippen molar-refractivity contribution in [2.45, 2.75) is 26.4 Å². The minimum absolute atomic E-state index is 0.00678. The lowest BCUT2D eigenvalue weighted by atomic mass is 10.1. The Morgan fingerprint density at radius 2 is 1.82 bits per heavy atom. The molecular weight excluding hydrogens is 354 g/mol. The van der Waals surface area contributed by atoms with Crippen molar-refractivity contribution in [1.82, 2.24) is 5.32 Å². The maximum Gasteiger partial charge on any atom is 0.268 e. The first kappa shape index (κ1) is 19.7. The number of amides is 2. The van der Waals surface area contributed by atoms with E-state index in [0.29, 0.717) is 30.9 Å². The Bertz CT molecular complexity index is 810. The van der Waals surface area contributed by atoms with Crippen LogP contribution in [0.5, 0.6) is 5.75 Å². The predicted molar refractivity (Wildman–Crippen MR) is 111 cm³/mol. The van der Waals surface area contributed by atoms with Gasteiger partial charge in [-0.05, 0) is 37.6 Å². The summed E-state index contributed by atoms with van der Waals surface area (Å²) in [6.07, 6.45) is 0.0183. The van der Waals surface area contributed by atoms with Crippen LogP contribution in [0.15, 0.2) is 54.6 Å². The number of nitrogens with zero attached hydrogens (tertiary/aromatic N) is 2. The fourth-order valence-electron chi connectivity index (χ4n) is 3.34. The molecule has 1 N–H and O–H groups in total. The summed E-state index contributed by atoms with van der Waals surface area (Å²) in [5, 5.41) is 2.93. The van der Waals surface area contributed by atoms with Crippen LogP contribution in [-0.4, -0.2) is 44.1 Å². The van der Waals surface area contributed by atoms with E-state index < -0.39 is 6.10 Å². The number of hydrogen-bond acceptors (Lipinski definition) is 4. The Morgan fingerprint density at radius 1 is 1.11 bits per heavy atom. The summed E-state index contributed by atoms with van der Waals surface area (Å²) in [7, 11) is 0.